The zero-order valence-electron chi connectivity index (χ0n) is 5.21. The maximum absolute atomic E-state index is 3.21. The van der Waals surface area contributed by atoms with Gasteiger partial charge in [0.2, 0.25) is 0 Å². The van der Waals surface area contributed by atoms with Crippen LogP contribution in [0.25, 0.3) is 6.08 Å². The van der Waals surface area contributed by atoms with E-state index in [4.69, 9.17) is 0 Å². The minimum absolute atomic E-state index is 1.22. The first-order chi connectivity index (χ1) is 4.33. The van der Waals surface area contributed by atoms with Crippen LogP contribution in [0.5, 0.6) is 0 Å². The van der Waals surface area contributed by atoms with Gasteiger partial charge in [0.1, 0.15) is 0 Å². The Labute approximate surface area is 63.1 Å². The molecule has 0 atom stereocenters. The summed E-state index contributed by atoms with van der Waals surface area (Å²) in [6, 6.07) is 2.05. The summed E-state index contributed by atoms with van der Waals surface area (Å²) in [6.07, 6.45) is 6.07. The van der Waals surface area contributed by atoms with Gasteiger partial charge in [0.05, 0.1) is 0 Å². The summed E-state index contributed by atoms with van der Waals surface area (Å²) in [5.41, 5.74) is 1.22. The molecule has 1 aromatic heterocycles. The van der Waals surface area contributed by atoms with E-state index in [2.05, 4.69) is 28.2 Å². The van der Waals surface area contributed by atoms with Crippen molar-refractivity contribution in [3.63, 3.8) is 0 Å². The molecule has 0 aliphatic heterocycles. The summed E-state index contributed by atoms with van der Waals surface area (Å²) < 4.78 is 2.02. The van der Waals surface area contributed by atoms with Gasteiger partial charge in [0, 0.05) is 19.4 Å². The van der Waals surface area contributed by atoms with Crippen molar-refractivity contribution in [2.45, 2.75) is 0 Å². The Morgan fingerprint density at radius 1 is 1.67 bits per heavy atom. The average Bonchev–Trinajstić information content (AvgIpc) is 2.17. The summed E-state index contributed by atoms with van der Waals surface area (Å²) >= 11 is 3.21. The van der Waals surface area contributed by atoms with E-state index in [-0.39, 0.29) is 0 Å². The molecule has 1 heterocycles. The van der Waals surface area contributed by atoms with Gasteiger partial charge in [0.25, 0.3) is 0 Å². The summed E-state index contributed by atoms with van der Waals surface area (Å²) in [6.45, 7) is 0. The fourth-order valence-corrected chi connectivity index (χ4v) is 1.00. The summed E-state index contributed by atoms with van der Waals surface area (Å²) in [4.78, 5) is 1.85. The molecule has 0 radical (unpaired) electrons. The zero-order chi connectivity index (χ0) is 6.69. The molecule has 9 heavy (non-hydrogen) atoms. The van der Waals surface area contributed by atoms with Crippen molar-refractivity contribution in [3.05, 3.63) is 29.0 Å². The van der Waals surface area contributed by atoms with Crippen LogP contribution in [0.3, 0.4) is 0 Å². The Balaban J connectivity index is 2.85. The lowest BCUT2D eigenvalue weighted by atomic mass is 10.3. The van der Waals surface area contributed by atoms with Crippen LogP contribution in [-0.2, 0) is 7.05 Å². The zero-order valence-corrected chi connectivity index (χ0v) is 6.80. The normalized spacial score (nSPS) is 10.9. The van der Waals surface area contributed by atoms with Gasteiger partial charge in [-0.05, 0) is 22.7 Å². The minimum atomic E-state index is 1.22. The largest absolute Gasteiger partial charge is 0.357 e. The second-order valence-corrected chi connectivity index (χ2v) is 2.43. The molecule has 0 aliphatic carbocycles. The molecule has 1 rings (SSSR count). The minimum Gasteiger partial charge on any atom is -0.357 e. The van der Waals surface area contributed by atoms with E-state index in [9.17, 15) is 0 Å². The topological polar surface area (TPSA) is 4.93 Å². The van der Waals surface area contributed by atoms with Gasteiger partial charge in [-0.1, -0.05) is 15.9 Å². The van der Waals surface area contributed by atoms with Crippen molar-refractivity contribution in [2.75, 3.05) is 0 Å². The van der Waals surface area contributed by atoms with E-state index in [1.165, 1.54) is 5.56 Å². The van der Waals surface area contributed by atoms with E-state index < -0.39 is 0 Å². The highest BCUT2D eigenvalue weighted by molar-refractivity contribution is 9.11. The van der Waals surface area contributed by atoms with E-state index in [1.807, 2.05) is 28.9 Å². The third-order valence-electron chi connectivity index (χ3n) is 1.11. The fraction of sp³-hybridized carbons (Fsp3) is 0.143. The molecule has 0 fully saturated rings. The van der Waals surface area contributed by atoms with Crippen LogP contribution in [0.4, 0.5) is 0 Å². The Bertz CT molecular complexity index is 212. The maximum Gasteiger partial charge on any atom is 0.0106 e. The first-order valence-corrected chi connectivity index (χ1v) is 3.63. The number of hydrogen-bond acceptors (Lipinski definition) is 0. The van der Waals surface area contributed by atoms with Crippen LogP contribution < -0.4 is 0 Å². The highest BCUT2D eigenvalue weighted by atomic mass is 79.9. The number of aromatic nitrogens is 1. The standard InChI is InChI=1S/C7H8BrN/c1-9-5-3-7(6-9)2-4-8/h2-6H,1H3/b4-2+. The van der Waals surface area contributed by atoms with Crippen molar-refractivity contribution < 1.29 is 0 Å². The number of aryl methyl sites for hydroxylation is 1. The highest BCUT2D eigenvalue weighted by Gasteiger charge is 1.84. The maximum atomic E-state index is 3.21. The van der Waals surface area contributed by atoms with Crippen molar-refractivity contribution in [2.24, 2.45) is 7.05 Å². The van der Waals surface area contributed by atoms with Crippen LogP contribution in [0, 0.1) is 0 Å². The molecular formula is C7H8BrN. The molecule has 0 aliphatic rings. The van der Waals surface area contributed by atoms with Crippen LogP contribution in [-0.4, -0.2) is 4.57 Å². The average molecular weight is 186 g/mol. The lowest BCUT2D eigenvalue weighted by molar-refractivity contribution is 0.927. The SMILES string of the molecule is Cn1ccc(/C=C/Br)c1. The van der Waals surface area contributed by atoms with Gasteiger partial charge < -0.3 is 4.57 Å². The second-order valence-electron chi connectivity index (χ2n) is 1.90. The lowest BCUT2D eigenvalue weighted by Gasteiger charge is -1.82. The van der Waals surface area contributed by atoms with Gasteiger partial charge in [-0.25, -0.2) is 0 Å². The smallest absolute Gasteiger partial charge is 0.0106 e. The molecule has 2 heteroatoms. The van der Waals surface area contributed by atoms with Crippen molar-refractivity contribution in [3.8, 4) is 0 Å². The van der Waals surface area contributed by atoms with Crippen LogP contribution in [0.2, 0.25) is 0 Å². The Morgan fingerprint density at radius 2 is 2.44 bits per heavy atom. The van der Waals surface area contributed by atoms with Crippen molar-refractivity contribution in [1.29, 1.82) is 0 Å². The first kappa shape index (κ1) is 6.62. The Morgan fingerprint density at radius 3 is 2.89 bits per heavy atom. The van der Waals surface area contributed by atoms with E-state index in [0.717, 1.165) is 0 Å². The molecule has 1 nitrogen and oxygen atoms in total. The number of halogens is 1. The molecule has 0 unspecified atom stereocenters. The molecule has 0 spiro atoms. The number of hydrogen-bond donors (Lipinski definition) is 0. The van der Waals surface area contributed by atoms with Crippen LogP contribution in [0.15, 0.2) is 23.4 Å². The number of rotatable bonds is 1. The highest BCUT2D eigenvalue weighted by Crippen LogP contribution is 2.02. The quantitative estimate of drug-likeness (QED) is 0.634. The van der Waals surface area contributed by atoms with Gasteiger partial charge in [0.15, 0.2) is 0 Å². The molecule has 0 bridgehead atoms. The Hall–Kier alpha value is -0.500. The third-order valence-corrected chi connectivity index (χ3v) is 1.37. The molecule has 48 valence electrons. The molecule has 0 amide bonds. The van der Waals surface area contributed by atoms with Crippen molar-refractivity contribution >= 4 is 22.0 Å². The fourth-order valence-electron chi connectivity index (χ4n) is 0.696. The van der Waals surface area contributed by atoms with Crippen molar-refractivity contribution in [1.82, 2.24) is 4.57 Å². The predicted octanol–water partition coefficient (Wildman–Crippen LogP) is 2.39. The molecule has 0 saturated heterocycles. The summed E-state index contributed by atoms with van der Waals surface area (Å²) in [5.74, 6) is 0. The molecule has 0 N–H and O–H groups in total. The molecular weight excluding hydrogens is 178 g/mol. The lowest BCUT2D eigenvalue weighted by Crippen LogP contribution is -1.76. The predicted molar refractivity (Wildman–Crippen MR) is 43.4 cm³/mol. The van der Waals surface area contributed by atoms with Gasteiger partial charge in [-0.3, -0.25) is 0 Å². The third kappa shape index (κ3) is 1.72. The van der Waals surface area contributed by atoms with Gasteiger partial charge in [-0.2, -0.15) is 0 Å². The first-order valence-electron chi connectivity index (χ1n) is 2.71. The molecule has 0 aromatic carbocycles. The number of nitrogens with zero attached hydrogens (tertiary/aromatic N) is 1. The van der Waals surface area contributed by atoms with E-state index >= 15 is 0 Å². The Kier molecular flexibility index (Phi) is 2.11. The van der Waals surface area contributed by atoms with E-state index in [0.29, 0.717) is 0 Å². The summed E-state index contributed by atoms with van der Waals surface area (Å²) in [7, 11) is 2.01. The second kappa shape index (κ2) is 2.87. The monoisotopic (exact) mass is 185 g/mol. The van der Waals surface area contributed by atoms with Crippen LogP contribution >= 0.6 is 15.9 Å². The summed E-state index contributed by atoms with van der Waals surface area (Å²) in [5, 5.41) is 0. The molecule has 1 aromatic rings. The van der Waals surface area contributed by atoms with E-state index in [1.54, 1.807) is 0 Å². The van der Waals surface area contributed by atoms with Gasteiger partial charge >= 0.3 is 0 Å². The molecule has 0 saturated carbocycles. The van der Waals surface area contributed by atoms with Crippen LogP contribution in [0.1, 0.15) is 5.56 Å². The van der Waals surface area contributed by atoms with Gasteiger partial charge in [-0.15, -0.1) is 0 Å².